The van der Waals surface area contributed by atoms with Gasteiger partial charge in [-0.3, -0.25) is 4.79 Å². The number of nitrogens with one attached hydrogen (secondary N) is 1. The number of piperidine rings is 1. The lowest BCUT2D eigenvalue weighted by atomic mass is 10.1. The van der Waals surface area contributed by atoms with Crippen LogP contribution in [0.3, 0.4) is 0 Å². The van der Waals surface area contributed by atoms with Crippen LogP contribution in [0.2, 0.25) is 0 Å². The molecule has 3 N–H and O–H groups in total. The highest BCUT2D eigenvalue weighted by atomic mass is 19.1. The molecule has 1 saturated heterocycles. The first-order valence-corrected chi connectivity index (χ1v) is 8.94. The summed E-state index contributed by atoms with van der Waals surface area (Å²) in [5, 5.41) is 2.74. The SMILES string of the molecule is Nc1ccc(/C=C/C(=O)NCC[C@@]2(F)[C@@H]3CN(c4ncccn4)C[C@@H]32)cn1. The number of nitrogens with zero attached hydrogens (tertiary/aromatic N) is 4. The third-order valence-electron chi connectivity index (χ3n) is 5.32. The number of pyridine rings is 1. The minimum absolute atomic E-state index is 0.00500. The van der Waals surface area contributed by atoms with Gasteiger partial charge in [0.05, 0.1) is 0 Å². The van der Waals surface area contributed by atoms with Crippen molar-refractivity contribution in [3.63, 3.8) is 0 Å². The second kappa shape index (κ2) is 6.94. The van der Waals surface area contributed by atoms with Crippen LogP contribution < -0.4 is 16.0 Å². The summed E-state index contributed by atoms with van der Waals surface area (Å²) in [6, 6.07) is 5.21. The van der Waals surface area contributed by atoms with Gasteiger partial charge in [0.15, 0.2) is 0 Å². The molecule has 1 aliphatic carbocycles. The van der Waals surface area contributed by atoms with E-state index in [1.165, 1.54) is 6.08 Å². The first-order valence-electron chi connectivity index (χ1n) is 8.94. The van der Waals surface area contributed by atoms with E-state index >= 15 is 0 Å². The molecule has 0 spiro atoms. The van der Waals surface area contributed by atoms with Gasteiger partial charge in [-0.1, -0.05) is 0 Å². The zero-order valence-electron chi connectivity index (χ0n) is 14.8. The zero-order chi connectivity index (χ0) is 18.9. The van der Waals surface area contributed by atoms with E-state index in [2.05, 4.69) is 20.3 Å². The lowest BCUT2D eigenvalue weighted by molar-refractivity contribution is -0.116. The summed E-state index contributed by atoms with van der Waals surface area (Å²) < 4.78 is 15.0. The van der Waals surface area contributed by atoms with Gasteiger partial charge < -0.3 is 16.0 Å². The number of fused-ring (bicyclic) bond motifs is 1. The number of aromatic nitrogens is 3. The van der Waals surface area contributed by atoms with Gasteiger partial charge in [0.2, 0.25) is 11.9 Å². The minimum atomic E-state index is -1.19. The Morgan fingerprint density at radius 1 is 1.30 bits per heavy atom. The van der Waals surface area contributed by atoms with Crippen molar-refractivity contribution in [2.45, 2.75) is 12.1 Å². The fourth-order valence-corrected chi connectivity index (χ4v) is 3.79. The molecule has 2 fully saturated rings. The standard InChI is InChI=1S/C19H21FN6O/c20-19(14-11-26(12-15(14)19)18-23-7-1-8-24-18)6-9-22-17(27)5-3-13-2-4-16(21)25-10-13/h1-5,7-8,10,14-15H,6,9,11-12H2,(H2,21,25)(H,22,27)/b5-3+/t14-,15+,19-. The highest BCUT2D eigenvalue weighted by molar-refractivity contribution is 5.91. The maximum atomic E-state index is 15.0. The Morgan fingerprint density at radius 2 is 2.04 bits per heavy atom. The highest BCUT2D eigenvalue weighted by Gasteiger charge is 2.69. The summed E-state index contributed by atoms with van der Waals surface area (Å²) in [6.07, 6.45) is 8.37. The van der Waals surface area contributed by atoms with Gasteiger partial charge in [0, 0.05) is 56.1 Å². The van der Waals surface area contributed by atoms with Crippen molar-refractivity contribution in [2.24, 2.45) is 11.8 Å². The van der Waals surface area contributed by atoms with Crippen molar-refractivity contribution in [1.29, 1.82) is 0 Å². The van der Waals surface area contributed by atoms with Crippen molar-refractivity contribution in [1.82, 2.24) is 20.3 Å². The quantitative estimate of drug-likeness (QED) is 0.749. The number of nitrogen functional groups attached to an aromatic ring is 1. The number of amides is 1. The molecule has 0 radical (unpaired) electrons. The number of hydrogen-bond acceptors (Lipinski definition) is 6. The summed E-state index contributed by atoms with van der Waals surface area (Å²) in [5.74, 6) is 0.824. The van der Waals surface area contributed by atoms with Crippen LogP contribution in [-0.4, -0.2) is 46.2 Å². The summed E-state index contributed by atoms with van der Waals surface area (Å²) in [4.78, 5) is 26.3. The van der Waals surface area contributed by atoms with E-state index in [1.54, 1.807) is 42.9 Å². The van der Waals surface area contributed by atoms with Crippen LogP contribution in [0.4, 0.5) is 16.2 Å². The van der Waals surface area contributed by atoms with E-state index in [9.17, 15) is 9.18 Å². The van der Waals surface area contributed by atoms with Gasteiger partial charge in [-0.05, 0) is 36.3 Å². The molecule has 3 heterocycles. The van der Waals surface area contributed by atoms with Crippen LogP contribution >= 0.6 is 0 Å². The Kier molecular flexibility index (Phi) is 4.47. The normalized spacial score (nSPS) is 26.2. The number of rotatable bonds is 6. The molecular formula is C19H21FN6O. The molecule has 2 aromatic rings. The monoisotopic (exact) mass is 368 g/mol. The third-order valence-corrected chi connectivity index (χ3v) is 5.32. The summed E-state index contributed by atoms with van der Waals surface area (Å²) >= 11 is 0. The Labute approximate surface area is 156 Å². The van der Waals surface area contributed by atoms with Gasteiger partial charge >= 0.3 is 0 Å². The first kappa shape index (κ1) is 17.4. The van der Waals surface area contributed by atoms with Gasteiger partial charge in [0.25, 0.3) is 0 Å². The molecule has 2 aromatic heterocycles. The van der Waals surface area contributed by atoms with Crippen molar-refractivity contribution in [3.8, 4) is 0 Å². The highest BCUT2D eigenvalue weighted by Crippen LogP contribution is 2.60. The molecule has 27 heavy (non-hydrogen) atoms. The first-order chi connectivity index (χ1) is 13.1. The van der Waals surface area contributed by atoms with Gasteiger partial charge in [-0.25, -0.2) is 19.3 Å². The van der Waals surface area contributed by atoms with Gasteiger partial charge in [-0.2, -0.15) is 0 Å². The van der Waals surface area contributed by atoms with Crippen LogP contribution in [-0.2, 0) is 4.79 Å². The van der Waals surface area contributed by atoms with Crippen LogP contribution in [0.15, 0.2) is 42.9 Å². The predicted octanol–water partition coefficient (Wildman–Crippen LogP) is 1.45. The van der Waals surface area contributed by atoms with Gasteiger partial charge in [-0.15, -0.1) is 0 Å². The van der Waals surface area contributed by atoms with E-state index in [0.717, 1.165) is 5.56 Å². The molecule has 4 rings (SSSR count). The fraction of sp³-hybridized carbons (Fsp3) is 0.368. The average Bonchev–Trinajstić information content (AvgIpc) is 3.03. The van der Waals surface area contributed by atoms with E-state index in [4.69, 9.17) is 5.73 Å². The zero-order valence-corrected chi connectivity index (χ0v) is 14.8. The van der Waals surface area contributed by atoms with E-state index in [1.807, 2.05) is 4.90 Å². The van der Waals surface area contributed by atoms with E-state index in [-0.39, 0.29) is 17.7 Å². The molecule has 0 unspecified atom stereocenters. The smallest absolute Gasteiger partial charge is 0.244 e. The second-order valence-corrected chi connectivity index (χ2v) is 6.98. The number of alkyl halides is 1. The van der Waals surface area contributed by atoms with E-state index < -0.39 is 5.67 Å². The lowest BCUT2D eigenvalue weighted by Crippen LogP contribution is -2.33. The summed E-state index contributed by atoms with van der Waals surface area (Å²) in [6.45, 7) is 1.57. The molecule has 2 aliphatic rings. The summed E-state index contributed by atoms with van der Waals surface area (Å²) in [7, 11) is 0. The molecule has 8 heteroatoms. The van der Waals surface area contributed by atoms with E-state index in [0.29, 0.717) is 37.8 Å². The van der Waals surface area contributed by atoms with Crippen LogP contribution in [0.1, 0.15) is 12.0 Å². The Balaban J connectivity index is 1.21. The number of carbonyl (C=O) groups excluding carboxylic acids is 1. The molecular weight excluding hydrogens is 347 g/mol. The molecule has 0 aromatic carbocycles. The Bertz CT molecular complexity index is 829. The molecule has 140 valence electrons. The molecule has 3 atom stereocenters. The van der Waals surface area contributed by atoms with Crippen molar-refractivity contribution < 1.29 is 9.18 Å². The third kappa shape index (κ3) is 3.60. The van der Waals surface area contributed by atoms with Crippen molar-refractivity contribution >= 4 is 23.7 Å². The predicted molar refractivity (Wildman–Crippen MR) is 100 cm³/mol. The number of carbonyl (C=O) groups is 1. The number of nitrogens with two attached hydrogens (primary N) is 1. The molecule has 0 bridgehead atoms. The fourth-order valence-electron chi connectivity index (χ4n) is 3.79. The number of anilines is 2. The van der Waals surface area contributed by atoms with Crippen LogP contribution in [0.5, 0.6) is 0 Å². The number of halogens is 1. The Morgan fingerprint density at radius 3 is 2.70 bits per heavy atom. The molecule has 1 saturated carbocycles. The lowest BCUT2D eigenvalue weighted by Gasteiger charge is -2.22. The van der Waals surface area contributed by atoms with Gasteiger partial charge in [0.1, 0.15) is 11.5 Å². The maximum absolute atomic E-state index is 15.0. The van der Waals surface area contributed by atoms with Crippen molar-refractivity contribution in [3.05, 3.63) is 48.4 Å². The van der Waals surface area contributed by atoms with Crippen molar-refractivity contribution in [2.75, 3.05) is 30.3 Å². The van der Waals surface area contributed by atoms with Crippen LogP contribution in [0, 0.1) is 11.8 Å². The topological polar surface area (TPSA) is 97.0 Å². The number of hydrogen-bond donors (Lipinski definition) is 2. The minimum Gasteiger partial charge on any atom is -0.384 e. The summed E-state index contributed by atoms with van der Waals surface area (Å²) in [5.41, 5.74) is 5.10. The second-order valence-electron chi connectivity index (χ2n) is 6.98. The molecule has 7 nitrogen and oxygen atoms in total. The molecule has 1 amide bonds. The molecule has 1 aliphatic heterocycles. The Hall–Kier alpha value is -3.03. The van der Waals surface area contributed by atoms with Crippen LogP contribution in [0.25, 0.3) is 6.08 Å². The average molecular weight is 368 g/mol. The maximum Gasteiger partial charge on any atom is 0.244 e. The largest absolute Gasteiger partial charge is 0.384 e.